The summed E-state index contributed by atoms with van der Waals surface area (Å²) in [5, 5.41) is 3.77. The average Bonchev–Trinajstić information content (AvgIpc) is 2.96. The van der Waals surface area contributed by atoms with Gasteiger partial charge in [-0.15, -0.1) is 0 Å². The summed E-state index contributed by atoms with van der Waals surface area (Å²) in [6.45, 7) is 0. The minimum atomic E-state index is -0.637. The molecule has 1 aliphatic carbocycles. The number of hydrogen-bond acceptors (Lipinski definition) is 2. The Morgan fingerprint density at radius 2 is 1.69 bits per heavy atom. The average molecular weight is 369 g/mol. The molecule has 2 amide bonds. The third-order valence-electron chi connectivity index (χ3n) is 5.27. The van der Waals surface area contributed by atoms with Gasteiger partial charge >= 0.3 is 0 Å². The zero-order valence-corrected chi connectivity index (χ0v) is 15.2. The standard InChI is InChI=1S/C21H21ClN2O2/c22-14-10-12-16(13-11-14)24-19(17-8-4-5-9-18(17)21(24)26)20(25)23-15-6-2-1-3-7-15/h4-5,8-13,15,19H,1-3,6-7H2,(H,23,25). The Morgan fingerprint density at radius 1 is 1.00 bits per heavy atom. The number of halogens is 1. The van der Waals surface area contributed by atoms with Gasteiger partial charge in [-0.3, -0.25) is 14.5 Å². The van der Waals surface area contributed by atoms with Crippen LogP contribution in [0.4, 0.5) is 5.69 Å². The van der Waals surface area contributed by atoms with Crippen molar-refractivity contribution in [1.29, 1.82) is 0 Å². The molecule has 2 aromatic carbocycles. The first-order valence-corrected chi connectivity index (χ1v) is 9.51. The maximum atomic E-state index is 13.1. The molecule has 1 unspecified atom stereocenters. The molecule has 4 rings (SSSR count). The lowest BCUT2D eigenvalue weighted by Gasteiger charge is -2.28. The van der Waals surface area contributed by atoms with Crippen LogP contribution in [-0.4, -0.2) is 17.9 Å². The number of hydrogen-bond donors (Lipinski definition) is 1. The zero-order valence-electron chi connectivity index (χ0n) is 14.5. The highest BCUT2D eigenvalue weighted by Crippen LogP contribution is 2.38. The van der Waals surface area contributed by atoms with Gasteiger partial charge in [0, 0.05) is 22.3 Å². The second-order valence-electron chi connectivity index (χ2n) is 6.98. The Morgan fingerprint density at radius 3 is 2.42 bits per heavy atom. The molecule has 5 heteroatoms. The Balaban J connectivity index is 1.68. The molecule has 1 heterocycles. The Labute approximate surface area is 158 Å². The molecule has 0 bridgehead atoms. The lowest BCUT2D eigenvalue weighted by Crippen LogP contribution is -2.44. The van der Waals surface area contributed by atoms with Crippen molar-refractivity contribution in [3.8, 4) is 0 Å². The number of carbonyl (C=O) groups excluding carboxylic acids is 2. The van der Waals surface area contributed by atoms with Gasteiger partial charge in [0.25, 0.3) is 5.91 Å². The van der Waals surface area contributed by atoms with Gasteiger partial charge in [-0.05, 0) is 48.7 Å². The van der Waals surface area contributed by atoms with E-state index in [-0.39, 0.29) is 17.9 Å². The molecule has 1 saturated carbocycles. The topological polar surface area (TPSA) is 49.4 Å². The van der Waals surface area contributed by atoms with E-state index in [1.54, 1.807) is 35.2 Å². The Bertz CT molecular complexity index is 828. The quantitative estimate of drug-likeness (QED) is 0.867. The summed E-state index contributed by atoms with van der Waals surface area (Å²) in [7, 11) is 0. The fourth-order valence-corrected chi connectivity index (χ4v) is 4.10. The van der Waals surface area contributed by atoms with Crippen LogP contribution < -0.4 is 10.2 Å². The lowest BCUT2D eigenvalue weighted by atomic mass is 9.95. The van der Waals surface area contributed by atoms with E-state index in [0.717, 1.165) is 31.2 Å². The summed E-state index contributed by atoms with van der Waals surface area (Å²) < 4.78 is 0. The number of rotatable bonds is 3. The van der Waals surface area contributed by atoms with E-state index in [1.807, 2.05) is 18.2 Å². The molecule has 0 saturated heterocycles. The number of carbonyl (C=O) groups is 2. The van der Waals surface area contributed by atoms with Crippen LogP contribution in [0.3, 0.4) is 0 Å². The SMILES string of the molecule is O=C(NC1CCCCC1)C1c2ccccc2C(=O)N1c1ccc(Cl)cc1. The van der Waals surface area contributed by atoms with E-state index in [9.17, 15) is 9.59 Å². The highest BCUT2D eigenvalue weighted by molar-refractivity contribution is 6.30. The van der Waals surface area contributed by atoms with Crippen LogP contribution in [0, 0.1) is 0 Å². The summed E-state index contributed by atoms with van der Waals surface area (Å²) in [6, 6.07) is 14.0. The van der Waals surface area contributed by atoms with E-state index >= 15 is 0 Å². The molecule has 1 aliphatic heterocycles. The number of anilines is 1. The molecular formula is C21H21ClN2O2. The molecule has 0 radical (unpaired) electrons. The minimum Gasteiger partial charge on any atom is -0.351 e. The normalized spacial score (nSPS) is 20.1. The first-order valence-electron chi connectivity index (χ1n) is 9.13. The monoisotopic (exact) mass is 368 g/mol. The van der Waals surface area contributed by atoms with Crippen molar-refractivity contribution in [2.24, 2.45) is 0 Å². The summed E-state index contributed by atoms with van der Waals surface area (Å²) in [5.41, 5.74) is 2.03. The lowest BCUT2D eigenvalue weighted by molar-refractivity contribution is -0.123. The van der Waals surface area contributed by atoms with Crippen LogP contribution >= 0.6 is 11.6 Å². The van der Waals surface area contributed by atoms with Crippen molar-refractivity contribution >= 4 is 29.1 Å². The first-order chi connectivity index (χ1) is 12.6. The molecule has 4 nitrogen and oxygen atoms in total. The maximum absolute atomic E-state index is 13.1. The molecule has 1 fully saturated rings. The van der Waals surface area contributed by atoms with Crippen LogP contribution in [0.25, 0.3) is 0 Å². The van der Waals surface area contributed by atoms with Crippen LogP contribution in [0.2, 0.25) is 5.02 Å². The van der Waals surface area contributed by atoms with E-state index < -0.39 is 6.04 Å². The number of amides is 2. The van der Waals surface area contributed by atoms with Crippen LogP contribution in [-0.2, 0) is 4.79 Å². The van der Waals surface area contributed by atoms with Crippen LogP contribution in [0.15, 0.2) is 48.5 Å². The van der Waals surface area contributed by atoms with E-state index in [1.165, 1.54) is 6.42 Å². The summed E-state index contributed by atoms with van der Waals surface area (Å²) in [4.78, 5) is 27.7. The fourth-order valence-electron chi connectivity index (χ4n) is 3.97. The predicted molar refractivity (Wildman–Crippen MR) is 102 cm³/mol. The van der Waals surface area contributed by atoms with Crippen molar-refractivity contribution in [1.82, 2.24) is 5.32 Å². The fraction of sp³-hybridized carbons (Fsp3) is 0.333. The smallest absolute Gasteiger partial charge is 0.259 e. The third-order valence-corrected chi connectivity index (χ3v) is 5.52. The van der Waals surface area contributed by atoms with Gasteiger partial charge in [0.2, 0.25) is 5.91 Å². The predicted octanol–water partition coefficient (Wildman–Crippen LogP) is 4.49. The van der Waals surface area contributed by atoms with Gasteiger partial charge < -0.3 is 5.32 Å². The van der Waals surface area contributed by atoms with Gasteiger partial charge in [-0.25, -0.2) is 0 Å². The molecule has 26 heavy (non-hydrogen) atoms. The zero-order chi connectivity index (χ0) is 18.1. The van der Waals surface area contributed by atoms with E-state index in [2.05, 4.69) is 5.32 Å². The summed E-state index contributed by atoms with van der Waals surface area (Å²) in [5.74, 6) is -0.253. The molecule has 1 atom stereocenters. The van der Waals surface area contributed by atoms with Crippen molar-refractivity contribution < 1.29 is 9.59 Å². The van der Waals surface area contributed by atoms with Crippen LogP contribution in [0.1, 0.15) is 54.1 Å². The largest absolute Gasteiger partial charge is 0.351 e. The molecule has 2 aromatic rings. The number of nitrogens with zero attached hydrogens (tertiary/aromatic N) is 1. The van der Waals surface area contributed by atoms with Gasteiger partial charge in [-0.1, -0.05) is 49.1 Å². The minimum absolute atomic E-state index is 0.106. The molecule has 0 spiro atoms. The van der Waals surface area contributed by atoms with Crippen molar-refractivity contribution in [2.75, 3.05) is 4.90 Å². The van der Waals surface area contributed by atoms with Gasteiger partial charge in [0.05, 0.1) is 0 Å². The number of benzene rings is 2. The molecule has 2 aliphatic rings. The Kier molecular flexibility index (Phi) is 4.68. The van der Waals surface area contributed by atoms with Gasteiger partial charge in [-0.2, -0.15) is 0 Å². The van der Waals surface area contributed by atoms with E-state index in [0.29, 0.717) is 16.3 Å². The van der Waals surface area contributed by atoms with Gasteiger partial charge in [0.15, 0.2) is 0 Å². The highest BCUT2D eigenvalue weighted by atomic mass is 35.5. The molecule has 134 valence electrons. The van der Waals surface area contributed by atoms with Gasteiger partial charge in [0.1, 0.15) is 6.04 Å². The summed E-state index contributed by atoms with van der Waals surface area (Å²) >= 11 is 5.99. The van der Waals surface area contributed by atoms with Crippen molar-refractivity contribution in [3.63, 3.8) is 0 Å². The second-order valence-corrected chi connectivity index (χ2v) is 7.42. The first kappa shape index (κ1) is 17.1. The summed E-state index contributed by atoms with van der Waals surface area (Å²) in [6.07, 6.45) is 5.54. The molecule has 1 N–H and O–H groups in total. The Hall–Kier alpha value is -2.33. The number of fused-ring (bicyclic) bond motifs is 1. The van der Waals surface area contributed by atoms with Crippen LogP contribution in [0.5, 0.6) is 0 Å². The van der Waals surface area contributed by atoms with E-state index in [4.69, 9.17) is 11.6 Å². The third kappa shape index (κ3) is 3.10. The second kappa shape index (κ2) is 7.12. The van der Waals surface area contributed by atoms with Crippen molar-refractivity contribution in [2.45, 2.75) is 44.2 Å². The number of nitrogens with one attached hydrogen (secondary N) is 1. The molecule has 0 aromatic heterocycles. The molecular weight excluding hydrogens is 348 g/mol. The highest BCUT2D eigenvalue weighted by Gasteiger charge is 2.42. The van der Waals surface area contributed by atoms with Crippen molar-refractivity contribution in [3.05, 3.63) is 64.7 Å². The maximum Gasteiger partial charge on any atom is 0.259 e.